The molecule has 0 bridgehead atoms. The molecule has 3 aromatic heterocycles. The Balaban J connectivity index is 1.56. The Morgan fingerprint density at radius 3 is 3.04 bits per heavy atom. The van der Waals surface area contributed by atoms with Gasteiger partial charge in [0.1, 0.15) is 11.6 Å². The van der Waals surface area contributed by atoms with E-state index in [9.17, 15) is 4.79 Å². The molecule has 1 saturated heterocycles. The fraction of sp³-hybridized carbons (Fsp3) is 0.389. The third-order valence-corrected chi connectivity index (χ3v) is 5.49. The van der Waals surface area contributed by atoms with Crippen molar-refractivity contribution in [2.24, 2.45) is 0 Å². The van der Waals surface area contributed by atoms with E-state index >= 15 is 0 Å². The zero-order valence-corrected chi connectivity index (χ0v) is 15.8. The Hall–Kier alpha value is -2.65. The van der Waals surface area contributed by atoms with Crippen LogP contribution in [-0.4, -0.2) is 44.7 Å². The van der Waals surface area contributed by atoms with Crippen LogP contribution in [0, 0.1) is 0 Å². The van der Waals surface area contributed by atoms with Gasteiger partial charge in [-0.2, -0.15) is 5.10 Å². The van der Waals surface area contributed by atoms with Crippen molar-refractivity contribution in [2.75, 3.05) is 18.6 Å². The molecular formula is C18H20N6O2S. The van der Waals surface area contributed by atoms with Gasteiger partial charge in [-0.3, -0.25) is 9.78 Å². The molecule has 0 saturated carbocycles. The van der Waals surface area contributed by atoms with Gasteiger partial charge in [0.2, 0.25) is 5.13 Å². The average Bonchev–Trinajstić information content (AvgIpc) is 3.34. The van der Waals surface area contributed by atoms with Gasteiger partial charge in [0.25, 0.3) is 5.56 Å². The van der Waals surface area contributed by atoms with Crippen LogP contribution in [0.1, 0.15) is 17.8 Å². The minimum Gasteiger partial charge on any atom is -0.377 e. The second kappa shape index (κ2) is 7.93. The highest BCUT2D eigenvalue weighted by Gasteiger charge is 2.28. The number of rotatable bonds is 6. The fourth-order valence-electron chi connectivity index (χ4n) is 3.27. The molecule has 4 rings (SSSR count). The Kier molecular flexibility index (Phi) is 5.21. The van der Waals surface area contributed by atoms with E-state index in [4.69, 9.17) is 4.74 Å². The molecule has 1 fully saturated rings. The fourth-order valence-corrected chi connectivity index (χ4v) is 4.18. The van der Waals surface area contributed by atoms with E-state index in [2.05, 4.69) is 25.2 Å². The first-order valence-corrected chi connectivity index (χ1v) is 9.63. The molecule has 0 spiro atoms. The molecule has 3 aromatic rings. The maximum Gasteiger partial charge on any atom is 0.266 e. The average molecular weight is 384 g/mol. The van der Waals surface area contributed by atoms with Crippen LogP contribution in [0.15, 0.2) is 41.5 Å². The smallest absolute Gasteiger partial charge is 0.266 e. The van der Waals surface area contributed by atoms with E-state index in [1.807, 2.05) is 12.1 Å². The number of pyridine rings is 1. The van der Waals surface area contributed by atoms with Crippen molar-refractivity contribution in [3.63, 3.8) is 0 Å². The van der Waals surface area contributed by atoms with E-state index in [1.165, 1.54) is 11.3 Å². The highest BCUT2D eigenvalue weighted by molar-refractivity contribution is 7.15. The van der Waals surface area contributed by atoms with Crippen LogP contribution < -0.4 is 10.5 Å². The summed E-state index contributed by atoms with van der Waals surface area (Å²) in [6.45, 7) is 1.89. The second-order valence-corrected chi connectivity index (χ2v) is 7.42. The van der Waals surface area contributed by atoms with E-state index in [-0.39, 0.29) is 11.6 Å². The molecule has 0 N–H and O–H groups in total. The van der Waals surface area contributed by atoms with Gasteiger partial charge in [-0.25, -0.2) is 4.68 Å². The maximum atomic E-state index is 12.3. The van der Waals surface area contributed by atoms with Crippen LogP contribution in [0.3, 0.4) is 0 Å². The van der Waals surface area contributed by atoms with Gasteiger partial charge in [0, 0.05) is 37.7 Å². The summed E-state index contributed by atoms with van der Waals surface area (Å²) in [5.74, 6) is 0. The van der Waals surface area contributed by atoms with Crippen molar-refractivity contribution in [1.82, 2.24) is 25.0 Å². The van der Waals surface area contributed by atoms with Crippen LogP contribution in [-0.2, 0) is 17.9 Å². The number of methoxy groups -OCH3 is 1. The van der Waals surface area contributed by atoms with Crippen molar-refractivity contribution in [1.29, 1.82) is 0 Å². The molecule has 0 radical (unpaired) electrons. The Labute approximate surface area is 160 Å². The zero-order chi connectivity index (χ0) is 18.6. The van der Waals surface area contributed by atoms with Gasteiger partial charge in [0.05, 0.1) is 18.3 Å². The lowest BCUT2D eigenvalue weighted by Gasteiger charge is -2.23. The topological polar surface area (TPSA) is 86.0 Å². The van der Waals surface area contributed by atoms with E-state index in [1.54, 1.807) is 36.3 Å². The van der Waals surface area contributed by atoms with Gasteiger partial charge in [0.15, 0.2) is 0 Å². The molecule has 0 aliphatic carbocycles. The Morgan fingerprint density at radius 2 is 2.22 bits per heavy atom. The predicted octanol–water partition coefficient (Wildman–Crippen LogP) is 1.97. The lowest BCUT2D eigenvalue weighted by molar-refractivity contribution is 0.184. The van der Waals surface area contributed by atoms with Crippen LogP contribution in [0.25, 0.3) is 11.3 Å². The highest BCUT2D eigenvalue weighted by Crippen LogP contribution is 2.29. The third-order valence-electron chi connectivity index (χ3n) is 4.55. The molecule has 4 heterocycles. The zero-order valence-electron chi connectivity index (χ0n) is 15.0. The number of anilines is 1. The van der Waals surface area contributed by atoms with Crippen LogP contribution in [0.2, 0.25) is 0 Å². The molecule has 140 valence electrons. The van der Waals surface area contributed by atoms with Crippen LogP contribution in [0.4, 0.5) is 5.13 Å². The number of hydrogen-bond acceptors (Lipinski definition) is 8. The Bertz CT molecular complexity index is 958. The van der Waals surface area contributed by atoms with Gasteiger partial charge in [-0.05, 0) is 31.0 Å². The molecule has 1 atom stereocenters. The van der Waals surface area contributed by atoms with Crippen molar-refractivity contribution < 1.29 is 4.74 Å². The summed E-state index contributed by atoms with van der Waals surface area (Å²) in [5.41, 5.74) is 1.53. The molecule has 0 aromatic carbocycles. The van der Waals surface area contributed by atoms with Gasteiger partial charge in [-0.15, -0.1) is 10.2 Å². The summed E-state index contributed by atoms with van der Waals surface area (Å²) in [5, 5.41) is 14.8. The van der Waals surface area contributed by atoms with E-state index in [0.717, 1.165) is 40.8 Å². The molecule has 8 nitrogen and oxygen atoms in total. The van der Waals surface area contributed by atoms with Crippen LogP contribution >= 0.6 is 11.3 Å². The Morgan fingerprint density at radius 1 is 1.30 bits per heavy atom. The summed E-state index contributed by atoms with van der Waals surface area (Å²) >= 11 is 1.54. The molecule has 1 aliphatic heterocycles. The van der Waals surface area contributed by atoms with Crippen LogP contribution in [0.5, 0.6) is 0 Å². The van der Waals surface area contributed by atoms with E-state index < -0.39 is 0 Å². The first kappa shape index (κ1) is 17.7. The lowest BCUT2D eigenvalue weighted by Crippen LogP contribution is -2.37. The SMILES string of the molecule is COCc1nnc(N2CCCC2Cn2nc(-c3cccnc3)ccc2=O)s1. The quantitative estimate of drug-likeness (QED) is 0.642. The summed E-state index contributed by atoms with van der Waals surface area (Å²) in [6.07, 6.45) is 5.51. The van der Waals surface area contributed by atoms with Crippen molar-refractivity contribution in [2.45, 2.75) is 32.0 Å². The summed E-state index contributed by atoms with van der Waals surface area (Å²) in [6, 6.07) is 7.27. The second-order valence-electron chi connectivity index (χ2n) is 6.38. The molecular weight excluding hydrogens is 364 g/mol. The molecule has 1 aliphatic rings. The highest BCUT2D eigenvalue weighted by atomic mass is 32.1. The summed E-state index contributed by atoms with van der Waals surface area (Å²) < 4.78 is 6.67. The first-order chi connectivity index (χ1) is 13.2. The van der Waals surface area contributed by atoms with Gasteiger partial charge >= 0.3 is 0 Å². The van der Waals surface area contributed by atoms with Gasteiger partial charge in [-0.1, -0.05) is 11.3 Å². The minimum absolute atomic E-state index is 0.105. The number of aromatic nitrogens is 5. The van der Waals surface area contributed by atoms with Crippen molar-refractivity contribution in [3.05, 3.63) is 52.0 Å². The lowest BCUT2D eigenvalue weighted by atomic mass is 10.2. The number of nitrogens with zero attached hydrogens (tertiary/aromatic N) is 6. The number of hydrogen-bond donors (Lipinski definition) is 0. The number of ether oxygens (including phenoxy) is 1. The maximum absolute atomic E-state index is 12.3. The van der Waals surface area contributed by atoms with Crippen molar-refractivity contribution >= 4 is 16.5 Å². The summed E-state index contributed by atoms with van der Waals surface area (Å²) in [4.78, 5) is 18.7. The molecule has 1 unspecified atom stereocenters. The molecule has 0 amide bonds. The molecule has 27 heavy (non-hydrogen) atoms. The summed E-state index contributed by atoms with van der Waals surface area (Å²) in [7, 11) is 1.65. The predicted molar refractivity (Wildman–Crippen MR) is 103 cm³/mol. The monoisotopic (exact) mass is 384 g/mol. The first-order valence-electron chi connectivity index (χ1n) is 8.81. The van der Waals surface area contributed by atoms with E-state index in [0.29, 0.717) is 13.2 Å². The largest absolute Gasteiger partial charge is 0.377 e. The third kappa shape index (κ3) is 3.88. The van der Waals surface area contributed by atoms with Gasteiger partial charge < -0.3 is 9.64 Å². The normalized spacial score (nSPS) is 16.8. The standard InChI is InChI=1S/C18H20N6O2S/c1-26-12-16-20-21-18(27-16)23-9-3-5-14(23)11-24-17(25)7-6-15(22-24)13-4-2-8-19-10-13/h2,4,6-8,10,14H,3,5,9,11-12H2,1H3. The molecule has 9 heteroatoms. The van der Waals surface area contributed by atoms with Crippen molar-refractivity contribution in [3.8, 4) is 11.3 Å². The minimum atomic E-state index is -0.105.